The molecule has 38 heavy (non-hydrogen) atoms. The van der Waals surface area contributed by atoms with E-state index in [4.69, 9.17) is 0 Å². The molecule has 4 aromatic rings. The molecular weight excluding hydrogens is 539 g/mol. The number of hydrogen-bond acceptors (Lipinski definition) is 7. The molecule has 0 bridgehead atoms. The van der Waals surface area contributed by atoms with E-state index >= 15 is 0 Å². The van der Waals surface area contributed by atoms with E-state index in [0.29, 0.717) is 34.6 Å². The Labute approximate surface area is 221 Å². The largest absolute Gasteiger partial charge is 0.433 e. The molecule has 0 aliphatic rings. The van der Waals surface area contributed by atoms with Crippen molar-refractivity contribution in [3.8, 4) is 10.6 Å². The second kappa shape index (κ2) is 10.7. The number of halogens is 3. The minimum Gasteiger partial charge on any atom is -0.323 e. The standard InChI is InChI=1S/C25H24F3N5O3S2/c1-15-6-8-18(9-7-15)14-33-17(3)23(16(2)32-33)31-22(34)10-12-38(35,36)24-29-19(20-5-4-11-37-20)13-21(30-24)25(26,27)28/h4-9,11,13H,10,12,14H2,1-3H3,(H,31,34). The highest BCUT2D eigenvalue weighted by molar-refractivity contribution is 7.91. The average molecular weight is 564 g/mol. The lowest BCUT2D eigenvalue weighted by atomic mass is 10.1. The van der Waals surface area contributed by atoms with Crippen LogP contribution in [-0.2, 0) is 27.4 Å². The van der Waals surface area contributed by atoms with Crippen LogP contribution in [0.3, 0.4) is 0 Å². The van der Waals surface area contributed by atoms with Gasteiger partial charge in [0.2, 0.25) is 20.9 Å². The third kappa shape index (κ3) is 6.27. The maximum absolute atomic E-state index is 13.4. The molecule has 0 saturated carbocycles. The topological polar surface area (TPSA) is 107 Å². The van der Waals surface area contributed by atoms with Crippen LogP contribution in [0.1, 0.15) is 34.6 Å². The van der Waals surface area contributed by atoms with E-state index in [9.17, 15) is 26.4 Å². The first-order valence-electron chi connectivity index (χ1n) is 11.5. The van der Waals surface area contributed by atoms with Gasteiger partial charge < -0.3 is 5.32 Å². The van der Waals surface area contributed by atoms with Crippen LogP contribution in [0.4, 0.5) is 18.9 Å². The number of amides is 1. The fourth-order valence-corrected chi connectivity index (χ4v) is 5.48. The molecule has 4 rings (SSSR count). The molecule has 0 aliphatic carbocycles. The fraction of sp³-hybridized carbons (Fsp3) is 0.280. The number of alkyl halides is 3. The predicted molar refractivity (Wildman–Crippen MR) is 138 cm³/mol. The molecule has 0 aliphatic heterocycles. The summed E-state index contributed by atoms with van der Waals surface area (Å²) >= 11 is 1.12. The Kier molecular flexibility index (Phi) is 7.70. The van der Waals surface area contributed by atoms with Crippen LogP contribution in [0.2, 0.25) is 0 Å². The number of sulfone groups is 1. The number of carbonyl (C=O) groups is 1. The Morgan fingerprint density at radius 3 is 2.42 bits per heavy atom. The summed E-state index contributed by atoms with van der Waals surface area (Å²) in [4.78, 5) is 20.1. The van der Waals surface area contributed by atoms with Crippen molar-refractivity contribution in [2.45, 2.75) is 45.1 Å². The second-order valence-electron chi connectivity index (χ2n) is 8.70. The molecule has 1 N–H and O–H groups in total. The Bertz CT molecular complexity index is 1560. The molecule has 200 valence electrons. The van der Waals surface area contributed by atoms with E-state index in [-0.39, 0.29) is 5.69 Å². The zero-order valence-electron chi connectivity index (χ0n) is 20.7. The number of carbonyl (C=O) groups excluding carboxylic acids is 1. The number of nitrogens with one attached hydrogen (secondary N) is 1. The quantitative estimate of drug-likeness (QED) is 0.296. The van der Waals surface area contributed by atoms with Gasteiger partial charge in [-0.25, -0.2) is 18.4 Å². The molecule has 13 heteroatoms. The first-order chi connectivity index (χ1) is 17.8. The predicted octanol–water partition coefficient (Wildman–Crippen LogP) is 5.20. The molecular formula is C25H24F3N5O3S2. The van der Waals surface area contributed by atoms with Gasteiger partial charge in [-0.2, -0.15) is 18.3 Å². The number of aromatic nitrogens is 4. The van der Waals surface area contributed by atoms with E-state index in [1.54, 1.807) is 30.0 Å². The van der Waals surface area contributed by atoms with E-state index in [2.05, 4.69) is 20.4 Å². The van der Waals surface area contributed by atoms with E-state index in [1.165, 1.54) is 6.07 Å². The summed E-state index contributed by atoms with van der Waals surface area (Å²) in [6.45, 7) is 5.97. The van der Waals surface area contributed by atoms with Crippen LogP contribution in [-0.4, -0.2) is 39.8 Å². The highest BCUT2D eigenvalue weighted by Gasteiger charge is 2.35. The summed E-state index contributed by atoms with van der Waals surface area (Å²) in [5.41, 5.74) is 2.31. The summed E-state index contributed by atoms with van der Waals surface area (Å²) in [6.07, 6.45) is -5.37. The molecule has 0 fully saturated rings. The van der Waals surface area contributed by atoms with Crippen LogP contribution in [0, 0.1) is 20.8 Å². The van der Waals surface area contributed by atoms with Crippen LogP contribution >= 0.6 is 11.3 Å². The van der Waals surface area contributed by atoms with Gasteiger partial charge in [-0.15, -0.1) is 11.3 Å². The lowest BCUT2D eigenvalue weighted by Crippen LogP contribution is -2.21. The number of hydrogen-bond donors (Lipinski definition) is 1. The first-order valence-corrected chi connectivity index (χ1v) is 14.0. The minimum atomic E-state index is -4.87. The maximum atomic E-state index is 13.4. The molecule has 0 atom stereocenters. The molecule has 1 aromatic carbocycles. The lowest BCUT2D eigenvalue weighted by Gasteiger charge is -2.11. The molecule has 0 saturated heterocycles. The van der Waals surface area contributed by atoms with Gasteiger partial charge in [0.25, 0.3) is 0 Å². The van der Waals surface area contributed by atoms with Gasteiger partial charge in [-0.1, -0.05) is 35.9 Å². The number of benzene rings is 1. The summed E-state index contributed by atoms with van der Waals surface area (Å²) in [7, 11) is -4.40. The summed E-state index contributed by atoms with van der Waals surface area (Å²) in [6, 6.07) is 11.8. The molecule has 1 amide bonds. The van der Waals surface area contributed by atoms with Gasteiger partial charge in [0.15, 0.2) is 0 Å². The molecule has 3 aromatic heterocycles. The molecule has 0 spiro atoms. The van der Waals surface area contributed by atoms with Gasteiger partial charge in [-0.05, 0) is 43.8 Å². The van der Waals surface area contributed by atoms with Gasteiger partial charge in [0.05, 0.1) is 39.9 Å². The maximum Gasteiger partial charge on any atom is 0.433 e. The van der Waals surface area contributed by atoms with Crippen molar-refractivity contribution in [3.63, 3.8) is 0 Å². The summed E-state index contributed by atoms with van der Waals surface area (Å²) in [5.74, 6) is -1.39. The fourth-order valence-electron chi connectivity index (χ4n) is 3.68. The van der Waals surface area contributed by atoms with Crippen molar-refractivity contribution in [3.05, 3.63) is 76.1 Å². The number of aryl methyl sites for hydroxylation is 2. The van der Waals surface area contributed by atoms with Crippen LogP contribution < -0.4 is 5.32 Å². The van der Waals surface area contributed by atoms with Crippen molar-refractivity contribution >= 4 is 32.8 Å². The van der Waals surface area contributed by atoms with E-state index in [1.807, 2.05) is 31.2 Å². The number of thiophene rings is 1. The van der Waals surface area contributed by atoms with Crippen molar-refractivity contribution in [2.24, 2.45) is 0 Å². The Hall–Kier alpha value is -3.58. The SMILES string of the molecule is Cc1ccc(Cn2nc(C)c(NC(=O)CCS(=O)(=O)c3nc(-c4cccs4)cc(C(F)(F)F)n3)c2C)cc1. The number of rotatable bonds is 8. The van der Waals surface area contributed by atoms with Crippen molar-refractivity contribution in [2.75, 3.05) is 11.1 Å². The van der Waals surface area contributed by atoms with E-state index < -0.39 is 44.9 Å². The van der Waals surface area contributed by atoms with Crippen LogP contribution in [0.15, 0.2) is 53.0 Å². The van der Waals surface area contributed by atoms with Crippen molar-refractivity contribution in [1.82, 2.24) is 19.7 Å². The van der Waals surface area contributed by atoms with Crippen LogP contribution in [0.5, 0.6) is 0 Å². The Morgan fingerprint density at radius 2 is 1.79 bits per heavy atom. The van der Waals surface area contributed by atoms with Crippen molar-refractivity contribution in [1.29, 1.82) is 0 Å². The lowest BCUT2D eigenvalue weighted by molar-refractivity contribution is -0.141. The highest BCUT2D eigenvalue weighted by Crippen LogP contribution is 2.32. The normalized spacial score (nSPS) is 12.1. The second-order valence-corrected chi connectivity index (χ2v) is 11.7. The summed E-state index contributed by atoms with van der Waals surface area (Å²) < 4.78 is 67.7. The third-order valence-electron chi connectivity index (χ3n) is 5.74. The zero-order chi connectivity index (χ0) is 27.7. The minimum absolute atomic E-state index is 0.155. The van der Waals surface area contributed by atoms with Crippen molar-refractivity contribution < 1.29 is 26.4 Å². The molecule has 8 nitrogen and oxygen atoms in total. The zero-order valence-corrected chi connectivity index (χ0v) is 22.3. The monoisotopic (exact) mass is 563 g/mol. The van der Waals surface area contributed by atoms with Gasteiger partial charge in [-0.3, -0.25) is 9.48 Å². The van der Waals surface area contributed by atoms with E-state index in [0.717, 1.165) is 22.5 Å². The average Bonchev–Trinajstić information content (AvgIpc) is 3.48. The first kappa shape index (κ1) is 27.5. The van der Waals surface area contributed by atoms with Gasteiger partial charge >= 0.3 is 6.18 Å². The third-order valence-corrected chi connectivity index (χ3v) is 8.12. The molecule has 0 unspecified atom stereocenters. The number of anilines is 1. The smallest absolute Gasteiger partial charge is 0.323 e. The Balaban J connectivity index is 1.49. The van der Waals surface area contributed by atoms with Crippen LogP contribution in [0.25, 0.3) is 10.6 Å². The highest BCUT2D eigenvalue weighted by atomic mass is 32.2. The van der Waals surface area contributed by atoms with Gasteiger partial charge in [0, 0.05) is 6.42 Å². The Morgan fingerprint density at radius 1 is 1.08 bits per heavy atom. The van der Waals surface area contributed by atoms with Gasteiger partial charge in [0.1, 0.15) is 5.69 Å². The summed E-state index contributed by atoms with van der Waals surface area (Å²) in [5, 5.41) is 7.81. The molecule has 3 heterocycles. The molecule has 0 radical (unpaired) electrons. The number of nitrogens with zero attached hydrogens (tertiary/aromatic N) is 4.